The first-order valence-electron chi connectivity index (χ1n) is 7.23. The number of pyridine rings is 1. The lowest BCUT2D eigenvalue weighted by molar-refractivity contribution is -0.141. The molecule has 0 saturated carbocycles. The summed E-state index contributed by atoms with van der Waals surface area (Å²) >= 11 is 0. The second kappa shape index (κ2) is 9.50. The van der Waals surface area contributed by atoms with Crippen molar-refractivity contribution in [3.8, 4) is 6.07 Å². The smallest absolute Gasteiger partial charge is 0.320 e. The minimum absolute atomic E-state index is 0.233. The van der Waals surface area contributed by atoms with Crippen molar-refractivity contribution in [3.63, 3.8) is 0 Å². The standard InChI is InChI=1S/C8H11N3O.C7H10N2O2/c9-7(8(10)12)5-6-1-3-11-4-2-6;8-3-5-9-4-1-2-6(9)7(10)11/h1-4,7H,5,9H2,(H2,10,12);6H,1-2,4-5H2,(H,10,11). The van der Waals surface area contributed by atoms with Crippen molar-refractivity contribution in [2.24, 2.45) is 11.5 Å². The zero-order valence-corrected chi connectivity index (χ0v) is 12.8. The van der Waals surface area contributed by atoms with Gasteiger partial charge in [-0.05, 0) is 37.0 Å². The van der Waals surface area contributed by atoms with E-state index in [-0.39, 0.29) is 6.54 Å². The largest absolute Gasteiger partial charge is 0.480 e. The number of aromatic nitrogens is 1. The molecule has 0 bridgehead atoms. The average Bonchev–Trinajstić information content (AvgIpc) is 2.98. The maximum atomic E-state index is 10.6. The minimum atomic E-state index is -0.808. The van der Waals surface area contributed by atoms with Crippen LogP contribution in [-0.2, 0) is 16.0 Å². The predicted octanol–water partition coefficient (Wildman–Crippen LogP) is -0.504. The fraction of sp³-hybridized carbons (Fsp3) is 0.467. The topological polar surface area (TPSA) is 146 Å². The minimum Gasteiger partial charge on any atom is -0.480 e. The summed E-state index contributed by atoms with van der Waals surface area (Å²) in [5, 5.41) is 17.0. The molecule has 0 aliphatic carbocycles. The molecule has 2 rings (SSSR count). The van der Waals surface area contributed by atoms with Crippen LogP contribution in [0.15, 0.2) is 24.5 Å². The molecule has 1 fully saturated rings. The number of rotatable bonds is 5. The Hall–Kier alpha value is -2.50. The monoisotopic (exact) mass is 319 g/mol. The van der Waals surface area contributed by atoms with E-state index in [0.29, 0.717) is 12.8 Å². The number of hydrogen-bond acceptors (Lipinski definition) is 6. The number of aliphatic carboxylic acids is 1. The molecule has 23 heavy (non-hydrogen) atoms. The first-order valence-corrected chi connectivity index (χ1v) is 7.23. The molecule has 1 aromatic rings. The van der Waals surface area contributed by atoms with Crippen LogP contribution in [0.1, 0.15) is 18.4 Å². The Morgan fingerprint density at radius 3 is 2.65 bits per heavy atom. The number of carboxylic acids is 1. The van der Waals surface area contributed by atoms with Gasteiger partial charge in [-0.25, -0.2) is 0 Å². The molecule has 2 heterocycles. The number of nitriles is 1. The lowest BCUT2D eigenvalue weighted by atomic mass is 10.1. The number of likely N-dealkylation sites (tertiary alicyclic amines) is 1. The number of carboxylic acid groups (broad SMARTS) is 1. The van der Waals surface area contributed by atoms with E-state index >= 15 is 0 Å². The van der Waals surface area contributed by atoms with Gasteiger partial charge in [0.05, 0.1) is 18.7 Å². The molecule has 124 valence electrons. The number of hydrogen-bond donors (Lipinski definition) is 3. The first-order chi connectivity index (χ1) is 11.0. The van der Waals surface area contributed by atoms with Gasteiger partial charge in [-0.3, -0.25) is 19.5 Å². The molecule has 1 saturated heterocycles. The van der Waals surface area contributed by atoms with Crippen molar-refractivity contribution in [3.05, 3.63) is 30.1 Å². The number of amides is 1. The van der Waals surface area contributed by atoms with Gasteiger partial charge in [-0.15, -0.1) is 0 Å². The van der Waals surface area contributed by atoms with E-state index in [1.54, 1.807) is 17.3 Å². The molecule has 1 aliphatic rings. The Bertz CT molecular complexity index is 558. The Kier molecular flexibility index (Phi) is 7.66. The summed E-state index contributed by atoms with van der Waals surface area (Å²) in [6, 6.07) is 4.55. The molecular formula is C15H21N5O3. The van der Waals surface area contributed by atoms with Gasteiger partial charge in [0.25, 0.3) is 0 Å². The second-order valence-corrected chi connectivity index (χ2v) is 5.19. The van der Waals surface area contributed by atoms with Gasteiger partial charge in [0.2, 0.25) is 5.91 Å². The van der Waals surface area contributed by atoms with Crippen molar-refractivity contribution >= 4 is 11.9 Å². The van der Waals surface area contributed by atoms with Crippen molar-refractivity contribution in [1.29, 1.82) is 5.26 Å². The molecule has 1 aliphatic heterocycles. The van der Waals surface area contributed by atoms with E-state index in [4.69, 9.17) is 21.8 Å². The summed E-state index contributed by atoms with van der Waals surface area (Å²) in [6.07, 6.45) is 5.35. The highest BCUT2D eigenvalue weighted by Gasteiger charge is 2.29. The van der Waals surface area contributed by atoms with Crippen LogP contribution in [0.3, 0.4) is 0 Å². The van der Waals surface area contributed by atoms with E-state index in [2.05, 4.69) is 4.98 Å². The molecule has 8 heteroatoms. The molecule has 0 radical (unpaired) electrons. The summed E-state index contributed by atoms with van der Waals surface area (Å²) < 4.78 is 0. The van der Waals surface area contributed by atoms with Crippen LogP contribution < -0.4 is 11.5 Å². The van der Waals surface area contributed by atoms with Crippen LogP contribution in [0.5, 0.6) is 0 Å². The number of carbonyl (C=O) groups is 2. The molecule has 0 spiro atoms. The summed E-state index contributed by atoms with van der Waals surface area (Å²) in [5.74, 6) is -1.29. The Morgan fingerprint density at radius 2 is 2.13 bits per heavy atom. The Morgan fingerprint density at radius 1 is 1.48 bits per heavy atom. The third-order valence-corrected chi connectivity index (χ3v) is 3.49. The van der Waals surface area contributed by atoms with Gasteiger partial charge in [-0.1, -0.05) is 0 Å². The number of nitrogens with zero attached hydrogens (tertiary/aromatic N) is 3. The van der Waals surface area contributed by atoms with E-state index in [1.807, 2.05) is 18.2 Å². The third-order valence-electron chi connectivity index (χ3n) is 3.49. The molecule has 2 atom stereocenters. The van der Waals surface area contributed by atoms with Crippen LogP contribution in [0.4, 0.5) is 0 Å². The average molecular weight is 319 g/mol. The first kappa shape index (κ1) is 18.5. The summed E-state index contributed by atoms with van der Waals surface area (Å²) in [7, 11) is 0. The van der Waals surface area contributed by atoms with Crippen LogP contribution in [-0.4, -0.2) is 52.0 Å². The van der Waals surface area contributed by atoms with Crippen LogP contribution in [0.25, 0.3) is 0 Å². The van der Waals surface area contributed by atoms with Gasteiger partial charge in [-0.2, -0.15) is 5.26 Å². The van der Waals surface area contributed by atoms with Gasteiger partial charge < -0.3 is 16.6 Å². The third kappa shape index (κ3) is 6.42. The number of nitrogens with two attached hydrogens (primary N) is 2. The number of primary amides is 1. The predicted molar refractivity (Wildman–Crippen MR) is 83.0 cm³/mol. The van der Waals surface area contributed by atoms with Crippen molar-refractivity contribution in [2.75, 3.05) is 13.1 Å². The van der Waals surface area contributed by atoms with E-state index in [1.165, 1.54) is 0 Å². The zero-order valence-electron chi connectivity index (χ0n) is 12.8. The molecule has 1 amide bonds. The lowest BCUT2D eigenvalue weighted by Crippen LogP contribution is -2.38. The summed E-state index contributed by atoms with van der Waals surface area (Å²) in [6.45, 7) is 0.974. The van der Waals surface area contributed by atoms with Crippen LogP contribution >= 0.6 is 0 Å². The Balaban J connectivity index is 0.000000231. The maximum absolute atomic E-state index is 10.6. The van der Waals surface area contributed by atoms with Gasteiger partial charge in [0, 0.05) is 18.9 Å². The number of carbonyl (C=O) groups excluding carboxylic acids is 1. The van der Waals surface area contributed by atoms with E-state index in [9.17, 15) is 9.59 Å². The normalized spacial score (nSPS) is 18.3. The van der Waals surface area contributed by atoms with Crippen molar-refractivity contribution < 1.29 is 14.7 Å². The lowest BCUT2D eigenvalue weighted by Gasteiger charge is -2.16. The van der Waals surface area contributed by atoms with Gasteiger partial charge in [0.1, 0.15) is 6.04 Å². The molecule has 0 aromatic carbocycles. The van der Waals surface area contributed by atoms with E-state index in [0.717, 1.165) is 18.5 Å². The fourth-order valence-corrected chi connectivity index (χ4v) is 2.26. The van der Waals surface area contributed by atoms with Crippen LogP contribution in [0.2, 0.25) is 0 Å². The highest BCUT2D eigenvalue weighted by atomic mass is 16.4. The highest BCUT2D eigenvalue weighted by molar-refractivity contribution is 5.79. The SMILES string of the molecule is N#CCN1CCCC1C(=O)O.NC(=O)C(N)Cc1ccncc1. The van der Waals surface area contributed by atoms with Crippen molar-refractivity contribution in [1.82, 2.24) is 9.88 Å². The summed E-state index contributed by atoms with van der Waals surface area (Å²) in [5.41, 5.74) is 11.4. The molecule has 5 N–H and O–H groups in total. The molecule has 2 unspecified atom stereocenters. The summed E-state index contributed by atoms with van der Waals surface area (Å²) in [4.78, 5) is 26.7. The van der Waals surface area contributed by atoms with Crippen LogP contribution in [0, 0.1) is 11.3 Å². The fourth-order valence-electron chi connectivity index (χ4n) is 2.26. The highest BCUT2D eigenvalue weighted by Crippen LogP contribution is 2.15. The quantitative estimate of drug-likeness (QED) is 0.620. The van der Waals surface area contributed by atoms with Gasteiger partial charge in [0.15, 0.2) is 0 Å². The second-order valence-electron chi connectivity index (χ2n) is 5.19. The van der Waals surface area contributed by atoms with E-state index < -0.39 is 24.0 Å². The maximum Gasteiger partial charge on any atom is 0.320 e. The Labute approximate surface area is 134 Å². The zero-order chi connectivity index (χ0) is 17.2. The van der Waals surface area contributed by atoms with Crippen molar-refractivity contribution in [2.45, 2.75) is 31.3 Å². The molecule has 1 aromatic heterocycles. The molecular weight excluding hydrogens is 298 g/mol. The van der Waals surface area contributed by atoms with Gasteiger partial charge >= 0.3 is 5.97 Å². The molecule has 8 nitrogen and oxygen atoms in total.